The fraction of sp³-hybridized carbons (Fsp3) is 0.600. The molecule has 0 aromatic heterocycles. The maximum absolute atomic E-state index is 13.0. The van der Waals surface area contributed by atoms with Gasteiger partial charge in [-0.2, -0.15) is 0 Å². The predicted molar refractivity (Wildman–Crippen MR) is 79.4 cm³/mol. The maximum Gasteiger partial charge on any atom is 0.124 e. The quantitative estimate of drug-likeness (QED) is 0.734. The SMILES string of the molecule is CCCNC(CCC)CCc1ccc(F)cc1Br. The zero-order valence-electron chi connectivity index (χ0n) is 11.3. The monoisotopic (exact) mass is 315 g/mol. The van der Waals surface area contributed by atoms with E-state index in [1.54, 1.807) is 6.07 Å². The van der Waals surface area contributed by atoms with Crippen LogP contribution in [0.2, 0.25) is 0 Å². The number of hydrogen-bond acceptors (Lipinski definition) is 1. The van der Waals surface area contributed by atoms with Crippen LogP contribution in [0.5, 0.6) is 0 Å². The Morgan fingerprint density at radius 2 is 2.00 bits per heavy atom. The minimum absolute atomic E-state index is 0.181. The highest BCUT2D eigenvalue weighted by molar-refractivity contribution is 9.10. The molecule has 0 saturated carbocycles. The van der Waals surface area contributed by atoms with Crippen molar-refractivity contribution in [1.82, 2.24) is 5.32 Å². The Morgan fingerprint density at radius 1 is 1.22 bits per heavy atom. The van der Waals surface area contributed by atoms with Gasteiger partial charge in [-0.3, -0.25) is 0 Å². The van der Waals surface area contributed by atoms with E-state index in [1.165, 1.54) is 30.9 Å². The average molecular weight is 316 g/mol. The molecule has 0 aliphatic carbocycles. The van der Waals surface area contributed by atoms with Crippen LogP contribution in [0.1, 0.15) is 45.1 Å². The zero-order valence-corrected chi connectivity index (χ0v) is 12.9. The normalized spacial score (nSPS) is 12.7. The van der Waals surface area contributed by atoms with E-state index in [1.807, 2.05) is 6.07 Å². The van der Waals surface area contributed by atoms with E-state index in [9.17, 15) is 4.39 Å². The Kier molecular flexibility index (Phi) is 7.52. The van der Waals surface area contributed by atoms with Gasteiger partial charge >= 0.3 is 0 Å². The fourth-order valence-corrected chi connectivity index (χ4v) is 2.65. The van der Waals surface area contributed by atoms with Crippen LogP contribution < -0.4 is 5.32 Å². The van der Waals surface area contributed by atoms with Crippen molar-refractivity contribution in [2.45, 2.75) is 52.0 Å². The number of halogens is 2. The lowest BCUT2D eigenvalue weighted by molar-refractivity contribution is 0.448. The lowest BCUT2D eigenvalue weighted by Crippen LogP contribution is -2.30. The second-order valence-corrected chi connectivity index (χ2v) is 5.57. The molecule has 1 rings (SSSR count). The van der Waals surface area contributed by atoms with Gasteiger partial charge in [0.25, 0.3) is 0 Å². The summed E-state index contributed by atoms with van der Waals surface area (Å²) < 4.78 is 13.9. The van der Waals surface area contributed by atoms with Gasteiger partial charge in [0.05, 0.1) is 0 Å². The molecule has 1 nitrogen and oxygen atoms in total. The van der Waals surface area contributed by atoms with Crippen molar-refractivity contribution in [3.8, 4) is 0 Å². The van der Waals surface area contributed by atoms with Crippen LogP contribution in [-0.2, 0) is 6.42 Å². The molecule has 1 N–H and O–H groups in total. The Labute approximate surface area is 118 Å². The van der Waals surface area contributed by atoms with Crippen LogP contribution >= 0.6 is 15.9 Å². The van der Waals surface area contributed by atoms with Gasteiger partial charge in [0.1, 0.15) is 5.82 Å². The predicted octanol–water partition coefficient (Wildman–Crippen LogP) is 4.69. The number of rotatable bonds is 8. The van der Waals surface area contributed by atoms with Crippen LogP contribution in [0.15, 0.2) is 22.7 Å². The minimum atomic E-state index is -0.181. The van der Waals surface area contributed by atoms with Crippen molar-refractivity contribution < 1.29 is 4.39 Å². The van der Waals surface area contributed by atoms with E-state index >= 15 is 0 Å². The first-order chi connectivity index (χ1) is 8.67. The third kappa shape index (κ3) is 5.49. The van der Waals surface area contributed by atoms with Gasteiger partial charge in [0, 0.05) is 10.5 Å². The largest absolute Gasteiger partial charge is 0.314 e. The van der Waals surface area contributed by atoms with Crippen LogP contribution in [0, 0.1) is 5.82 Å². The summed E-state index contributed by atoms with van der Waals surface area (Å²) in [6.07, 6.45) is 5.67. The summed E-state index contributed by atoms with van der Waals surface area (Å²) in [5, 5.41) is 3.58. The van der Waals surface area contributed by atoms with E-state index in [0.29, 0.717) is 6.04 Å². The fourth-order valence-electron chi connectivity index (χ4n) is 2.10. The van der Waals surface area contributed by atoms with Gasteiger partial charge < -0.3 is 5.32 Å². The lowest BCUT2D eigenvalue weighted by atomic mass is 10.0. The highest BCUT2D eigenvalue weighted by atomic mass is 79.9. The molecule has 1 aromatic rings. The molecule has 0 saturated heterocycles. The third-order valence-electron chi connectivity index (χ3n) is 3.10. The second kappa shape index (κ2) is 8.65. The summed E-state index contributed by atoms with van der Waals surface area (Å²) in [6, 6.07) is 5.53. The molecule has 0 amide bonds. The van der Waals surface area contributed by atoms with Gasteiger partial charge in [-0.25, -0.2) is 4.39 Å². The molecule has 3 heteroatoms. The Bertz CT molecular complexity index is 354. The first-order valence-corrected chi connectivity index (χ1v) is 7.64. The molecule has 0 bridgehead atoms. The molecule has 0 spiro atoms. The number of benzene rings is 1. The van der Waals surface area contributed by atoms with Gasteiger partial charge in [-0.05, 0) is 49.9 Å². The van der Waals surface area contributed by atoms with E-state index < -0.39 is 0 Å². The van der Waals surface area contributed by atoms with E-state index in [4.69, 9.17) is 0 Å². The van der Waals surface area contributed by atoms with Crippen molar-refractivity contribution in [1.29, 1.82) is 0 Å². The summed E-state index contributed by atoms with van der Waals surface area (Å²) in [5.41, 5.74) is 1.19. The van der Waals surface area contributed by atoms with Gasteiger partial charge in [0.2, 0.25) is 0 Å². The number of hydrogen-bond donors (Lipinski definition) is 1. The number of nitrogens with one attached hydrogen (secondary N) is 1. The van der Waals surface area contributed by atoms with E-state index in [-0.39, 0.29) is 5.82 Å². The Hall–Kier alpha value is -0.410. The molecule has 1 atom stereocenters. The summed E-state index contributed by atoms with van der Waals surface area (Å²) in [7, 11) is 0. The summed E-state index contributed by atoms with van der Waals surface area (Å²) in [5.74, 6) is -0.181. The van der Waals surface area contributed by atoms with Gasteiger partial charge in [-0.1, -0.05) is 42.3 Å². The smallest absolute Gasteiger partial charge is 0.124 e. The highest BCUT2D eigenvalue weighted by Crippen LogP contribution is 2.20. The number of aryl methyl sites for hydroxylation is 1. The van der Waals surface area contributed by atoms with Crippen LogP contribution in [0.25, 0.3) is 0 Å². The zero-order chi connectivity index (χ0) is 13.4. The van der Waals surface area contributed by atoms with Crippen molar-refractivity contribution in [3.63, 3.8) is 0 Å². The van der Waals surface area contributed by atoms with Crippen molar-refractivity contribution in [2.75, 3.05) is 6.54 Å². The molecular weight excluding hydrogens is 293 g/mol. The standard InChI is InChI=1S/C15H23BrFN/c1-3-5-14(18-10-4-2)9-7-12-6-8-13(17)11-15(12)16/h6,8,11,14,18H,3-5,7,9-10H2,1-2H3. The molecule has 0 aliphatic rings. The summed E-state index contributed by atoms with van der Waals surface area (Å²) in [6.45, 7) is 5.48. The van der Waals surface area contributed by atoms with Crippen LogP contribution in [0.3, 0.4) is 0 Å². The van der Waals surface area contributed by atoms with Crippen molar-refractivity contribution >= 4 is 15.9 Å². The lowest BCUT2D eigenvalue weighted by Gasteiger charge is -2.18. The van der Waals surface area contributed by atoms with Crippen molar-refractivity contribution in [2.24, 2.45) is 0 Å². The molecule has 0 radical (unpaired) electrons. The second-order valence-electron chi connectivity index (χ2n) is 4.71. The third-order valence-corrected chi connectivity index (χ3v) is 3.84. The topological polar surface area (TPSA) is 12.0 Å². The maximum atomic E-state index is 13.0. The molecule has 18 heavy (non-hydrogen) atoms. The molecular formula is C15H23BrFN. The molecule has 0 heterocycles. The van der Waals surface area contributed by atoms with Crippen molar-refractivity contribution in [3.05, 3.63) is 34.1 Å². The molecule has 102 valence electrons. The summed E-state index contributed by atoms with van der Waals surface area (Å²) in [4.78, 5) is 0. The molecule has 1 aromatic carbocycles. The highest BCUT2D eigenvalue weighted by Gasteiger charge is 2.08. The Morgan fingerprint density at radius 3 is 2.61 bits per heavy atom. The average Bonchev–Trinajstić information content (AvgIpc) is 2.34. The van der Waals surface area contributed by atoms with Crippen LogP contribution in [-0.4, -0.2) is 12.6 Å². The molecule has 0 fully saturated rings. The minimum Gasteiger partial charge on any atom is -0.314 e. The molecule has 1 unspecified atom stereocenters. The van der Waals surface area contributed by atoms with Gasteiger partial charge in [0.15, 0.2) is 0 Å². The van der Waals surface area contributed by atoms with E-state index in [2.05, 4.69) is 35.1 Å². The van der Waals surface area contributed by atoms with Gasteiger partial charge in [-0.15, -0.1) is 0 Å². The Balaban J connectivity index is 2.49. The first-order valence-electron chi connectivity index (χ1n) is 6.84. The molecule has 0 aliphatic heterocycles. The van der Waals surface area contributed by atoms with Crippen LogP contribution in [0.4, 0.5) is 4.39 Å². The van der Waals surface area contributed by atoms with E-state index in [0.717, 1.165) is 23.9 Å². The first kappa shape index (κ1) is 15.6. The summed E-state index contributed by atoms with van der Waals surface area (Å²) >= 11 is 3.43.